The Hall–Kier alpha value is -2.63. The van der Waals surface area contributed by atoms with Crippen molar-refractivity contribution in [1.29, 1.82) is 0 Å². The van der Waals surface area contributed by atoms with Gasteiger partial charge in [-0.15, -0.1) is 0 Å². The molecule has 0 aliphatic carbocycles. The maximum atomic E-state index is 12.2. The molecule has 2 heterocycles. The number of nitrogen functional groups attached to an aromatic ring is 1. The fourth-order valence-electron chi connectivity index (χ4n) is 2.84. The number of nitrogens with zero attached hydrogens (tertiary/aromatic N) is 3. The molecule has 0 saturated heterocycles. The van der Waals surface area contributed by atoms with E-state index in [1.165, 1.54) is 23.6 Å². The smallest absolute Gasteiger partial charge is 0.273 e. The first-order chi connectivity index (χ1) is 10.7. The van der Waals surface area contributed by atoms with Crippen LogP contribution in [0.25, 0.3) is 0 Å². The zero-order valence-corrected chi connectivity index (χ0v) is 12.5. The summed E-state index contributed by atoms with van der Waals surface area (Å²) in [5, 5.41) is 2.93. The third-order valence-electron chi connectivity index (χ3n) is 4.05. The van der Waals surface area contributed by atoms with Crippen LogP contribution < -0.4 is 16.0 Å². The predicted molar refractivity (Wildman–Crippen MR) is 85.8 cm³/mol. The summed E-state index contributed by atoms with van der Waals surface area (Å²) >= 11 is 0. The van der Waals surface area contributed by atoms with Crippen molar-refractivity contribution in [3.8, 4) is 0 Å². The van der Waals surface area contributed by atoms with E-state index in [2.05, 4.69) is 39.4 Å². The molecule has 114 valence electrons. The highest BCUT2D eigenvalue weighted by Gasteiger charge is 2.23. The fourth-order valence-corrected chi connectivity index (χ4v) is 2.84. The number of fused-ring (bicyclic) bond motifs is 1. The molecule has 2 aromatic rings. The molecule has 1 aliphatic rings. The van der Waals surface area contributed by atoms with E-state index in [4.69, 9.17) is 5.73 Å². The highest BCUT2D eigenvalue weighted by molar-refractivity contribution is 5.96. The molecule has 1 unspecified atom stereocenters. The predicted octanol–water partition coefficient (Wildman–Crippen LogP) is 1.41. The van der Waals surface area contributed by atoms with Crippen LogP contribution in [0.1, 0.15) is 28.4 Å². The summed E-state index contributed by atoms with van der Waals surface area (Å²) in [4.78, 5) is 22.3. The van der Waals surface area contributed by atoms with Gasteiger partial charge in [-0.3, -0.25) is 4.79 Å². The number of carbonyl (C=O) groups is 1. The summed E-state index contributed by atoms with van der Waals surface area (Å²) in [5.41, 5.74) is 8.36. The van der Waals surface area contributed by atoms with Crippen molar-refractivity contribution >= 4 is 17.4 Å². The molecular formula is C16H19N5O. The zero-order chi connectivity index (χ0) is 15.5. The minimum absolute atomic E-state index is 0.156. The third-order valence-corrected chi connectivity index (χ3v) is 4.05. The number of hydrogen-bond donors (Lipinski definition) is 2. The number of amides is 1. The highest BCUT2D eigenvalue weighted by Crippen LogP contribution is 2.33. The van der Waals surface area contributed by atoms with Gasteiger partial charge in [0.05, 0.1) is 0 Å². The number of nitrogens with two attached hydrogens (primary N) is 1. The Morgan fingerprint density at radius 1 is 1.36 bits per heavy atom. The number of hydrogen-bond acceptors (Lipinski definition) is 5. The molecule has 1 atom stereocenters. The quantitative estimate of drug-likeness (QED) is 0.895. The summed E-state index contributed by atoms with van der Waals surface area (Å²) in [7, 11) is 2.09. The summed E-state index contributed by atoms with van der Waals surface area (Å²) < 4.78 is 0. The first kappa shape index (κ1) is 14.3. The first-order valence-corrected chi connectivity index (χ1v) is 7.31. The summed E-state index contributed by atoms with van der Waals surface area (Å²) in [6.45, 7) is 1.55. The van der Waals surface area contributed by atoms with Crippen LogP contribution in [0.15, 0.2) is 36.7 Å². The van der Waals surface area contributed by atoms with Crippen LogP contribution >= 0.6 is 0 Å². The highest BCUT2D eigenvalue weighted by atomic mass is 16.1. The number of carbonyl (C=O) groups excluding carboxylic acids is 1. The van der Waals surface area contributed by atoms with Crippen LogP contribution in [-0.4, -0.2) is 36.0 Å². The van der Waals surface area contributed by atoms with Crippen molar-refractivity contribution in [1.82, 2.24) is 15.3 Å². The molecular weight excluding hydrogens is 278 g/mol. The van der Waals surface area contributed by atoms with Crippen LogP contribution in [-0.2, 0) is 0 Å². The van der Waals surface area contributed by atoms with Crippen molar-refractivity contribution in [2.45, 2.75) is 12.3 Å². The van der Waals surface area contributed by atoms with E-state index in [1.54, 1.807) is 0 Å². The number of anilines is 2. The van der Waals surface area contributed by atoms with Gasteiger partial charge in [-0.25, -0.2) is 9.97 Å². The molecule has 1 aliphatic heterocycles. The maximum absolute atomic E-state index is 12.2. The monoisotopic (exact) mass is 297 g/mol. The lowest BCUT2D eigenvalue weighted by Crippen LogP contribution is -2.34. The summed E-state index contributed by atoms with van der Waals surface area (Å²) in [6.07, 6.45) is 3.94. The average molecular weight is 297 g/mol. The molecule has 6 nitrogen and oxygen atoms in total. The van der Waals surface area contributed by atoms with Crippen LogP contribution in [0, 0.1) is 0 Å². The lowest BCUT2D eigenvalue weighted by atomic mass is 9.90. The van der Waals surface area contributed by atoms with Crippen LogP contribution in [0.2, 0.25) is 0 Å². The molecule has 3 N–H and O–H groups in total. The van der Waals surface area contributed by atoms with E-state index in [0.29, 0.717) is 12.5 Å². The second-order valence-electron chi connectivity index (χ2n) is 5.47. The van der Waals surface area contributed by atoms with Gasteiger partial charge in [0.2, 0.25) is 0 Å². The SMILES string of the molecule is CN1CCC(CNC(=O)c2nccnc2N)c2ccccc21. The molecule has 1 aromatic heterocycles. The van der Waals surface area contributed by atoms with Gasteiger partial charge in [-0.05, 0) is 18.1 Å². The van der Waals surface area contributed by atoms with Crippen molar-refractivity contribution in [2.75, 3.05) is 30.8 Å². The molecule has 0 radical (unpaired) electrons. The molecule has 0 saturated carbocycles. The largest absolute Gasteiger partial charge is 0.382 e. The average Bonchev–Trinajstić information content (AvgIpc) is 2.55. The third kappa shape index (κ3) is 2.72. The minimum Gasteiger partial charge on any atom is -0.382 e. The first-order valence-electron chi connectivity index (χ1n) is 7.31. The Bertz CT molecular complexity index is 688. The summed E-state index contributed by atoms with van der Waals surface area (Å²) in [6, 6.07) is 8.31. The van der Waals surface area contributed by atoms with Gasteiger partial charge in [-0.1, -0.05) is 18.2 Å². The number of nitrogens with one attached hydrogen (secondary N) is 1. The van der Waals surface area contributed by atoms with Crippen molar-refractivity contribution in [3.63, 3.8) is 0 Å². The molecule has 1 amide bonds. The topological polar surface area (TPSA) is 84.1 Å². The van der Waals surface area contributed by atoms with Crippen molar-refractivity contribution < 1.29 is 4.79 Å². The van der Waals surface area contributed by atoms with Gasteiger partial charge >= 0.3 is 0 Å². The van der Waals surface area contributed by atoms with E-state index in [1.807, 2.05) is 12.1 Å². The second-order valence-corrected chi connectivity index (χ2v) is 5.47. The van der Waals surface area contributed by atoms with Gasteiger partial charge in [0.1, 0.15) is 0 Å². The van der Waals surface area contributed by atoms with Crippen molar-refractivity contribution in [3.05, 3.63) is 47.9 Å². The van der Waals surface area contributed by atoms with E-state index in [-0.39, 0.29) is 17.4 Å². The van der Waals surface area contributed by atoms with Gasteiger partial charge in [0.15, 0.2) is 11.5 Å². The minimum atomic E-state index is -0.276. The van der Waals surface area contributed by atoms with E-state index in [0.717, 1.165) is 13.0 Å². The van der Waals surface area contributed by atoms with E-state index < -0.39 is 0 Å². The zero-order valence-electron chi connectivity index (χ0n) is 12.5. The molecule has 3 rings (SSSR count). The van der Waals surface area contributed by atoms with Gasteiger partial charge in [0, 0.05) is 44.1 Å². The molecule has 22 heavy (non-hydrogen) atoms. The van der Waals surface area contributed by atoms with Crippen LogP contribution in [0.3, 0.4) is 0 Å². The Labute approximate surface area is 129 Å². The van der Waals surface area contributed by atoms with Crippen LogP contribution in [0.5, 0.6) is 0 Å². The van der Waals surface area contributed by atoms with Crippen LogP contribution in [0.4, 0.5) is 11.5 Å². The second kappa shape index (κ2) is 6.01. The van der Waals surface area contributed by atoms with Gasteiger partial charge in [0.25, 0.3) is 5.91 Å². The Balaban J connectivity index is 1.71. The molecule has 0 fully saturated rings. The van der Waals surface area contributed by atoms with E-state index in [9.17, 15) is 4.79 Å². The van der Waals surface area contributed by atoms with Gasteiger partial charge in [-0.2, -0.15) is 0 Å². The van der Waals surface area contributed by atoms with E-state index >= 15 is 0 Å². The number of benzene rings is 1. The molecule has 0 bridgehead atoms. The standard InChI is InChI=1S/C16H19N5O/c1-21-9-6-11(12-4-2-3-5-13(12)21)10-20-16(22)14-15(17)19-8-7-18-14/h2-5,7-8,11H,6,9-10H2,1H3,(H2,17,19)(H,20,22). The maximum Gasteiger partial charge on any atom is 0.273 e. The number of para-hydroxylation sites is 1. The lowest BCUT2D eigenvalue weighted by molar-refractivity contribution is 0.0946. The molecule has 0 spiro atoms. The summed E-state index contributed by atoms with van der Waals surface area (Å²) in [5.74, 6) is 0.181. The van der Waals surface area contributed by atoms with Gasteiger partial charge < -0.3 is 16.0 Å². The number of rotatable bonds is 3. The normalized spacial score (nSPS) is 17.0. The van der Waals surface area contributed by atoms with Crippen molar-refractivity contribution in [2.24, 2.45) is 0 Å². The Kier molecular flexibility index (Phi) is 3.91. The Morgan fingerprint density at radius 2 is 2.14 bits per heavy atom. The molecule has 1 aromatic carbocycles. The fraction of sp³-hybridized carbons (Fsp3) is 0.312. The number of aromatic nitrogens is 2. The Morgan fingerprint density at radius 3 is 2.95 bits per heavy atom. The molecule has 6 heteroatoms. The lowest BCUT2D eigenvalue weighted by Gasteiger charge is -2.33.